The molecule has 0 aromatic rings. The van der Waals surface area contributed by atoms with Crippen LogP contribution in [0.4, 0.5) is 0 Å². The molecule has 1 aliphatic rings. The zero-order valence-electron chi connectivity index (χ0n) is 8.75. The summed E-state index contributed by atoms with van der Waals surface area (Å²) in [7, 11) is -0.101. The molecule has 0 amide bonds. The molecule has 0 spiro atoms. The molecule has 13 heavy (non-hydrogen) atoms. The highest BCUT2D eigenvalue weighted by molar-refractivity contribution is 6.45. The van der Waals surface area contributed by atoms with Gasteiger partial charge >= 0.3 is 7.12 Å². The number of rotatable bonds is 3. The van der Waals surface area contributed by atoms with Gasteiger partial charge in [-0.05, 0) is 17.7 Å². The quantitative estimate of drug-likeness (QED) is 0.672. The Hall–Kier alpha value is -0.0551. The Labute approximate surface area is 80.6 Å². The van der Waals surface area contributed by atoms with Crippen LogP contribution in [0.1, 0.15) is 20.8 Å². The normalized spacial score (nSPS) is 20.8. The van der Waals surface area contributed by atoms with Crippen LogP contribution in [-0.2, 0) is 9.31 Å². The number of aliphatic hydroxyl groups excluding tert-OH is 1. The van der Waals surface area contributed by atoms with E-state index in [2.05, 4.69) is 20.8 Å². The fourth-order valence-corrected chi connectivity index (χ4v) is 1.48. The molecular formula is C9H19BO3. The van der Waals surface area contributed by atoms with E-state index in [4.69, 9.17) is 9.31 Å². The highest BCUT2D eigenvalue weighted by Gasteiger charge is 2.33. The van der Waals surface area contributed by atoms with E-state index in [9.17, 15) is 5.11 Å². The Bertz CT molecular complexity index is 149. The monoisotopic (exact) mass is 186 g/mol. The molecule has 0 aromatic heterocycles. The van der Waals surface area contributed by atoms with E-state index in [0.717, 1.165) is 6.32 Å². The van der Waals surface area contributed by atoms with Crippen LogP contribution in [0.5, 0.6) is 0 Å². The Morgan fingerprint density at radius 2 is 1.85 bits per heavy atom. The summed E-state index contributed by atoms with van der Waals surface area (Å²) in [5, 5.41) is 9.21. The predicted octanol–water partition coefficient (Wildman–Crippen LogP) is 1.18. The zero-order valence-corrected chi connectivity index (χ0v) is 8.75. The second-order valence-electron chi connectivity index (χ2n) is 4.65. The van der Waals surface area contributed by atoms with E-state index in [1.807, 2.05) is 0 Å². The lowest BCUT2D eigenvalue weighted by Gasteiger charge is -2.29. The van der Waals surface area contributed by atoms with Crippen molar-refractivity contribution in [3.63, 3.8) is 0 Å². The molecule has 1 rings (SSSR count). The summed E-state index contributed by atoms with van der Waals surface area (Å²) < 4.78 is 10.7. The minimum absolute atomic E-state index is 0.101. The molecule has 1 atom stereocenters. The van der Waals surface area contributed by atoms with Gasteiger partial charge in [0.2, 0.25) is 0 Å². The predicted molar refractivity (Wildman–Crippen MR) is 52.5 cm³/mol. The SMILES string of the molecule is CC(C)(C)C(CO)CB1OCCO1. The van der Waals surface area contributed by atoms with Crippen LogP contribution in [0.2, 0.25) is 6.32 Å². The zero-order chi connectivity index (χ0) is 9.90. The number of hydrogen-bond acceptors (Lipinski definition) is 3. The molecule has 0 aromatic carbocycles. The third-order valence-corrected chi connectivity index (χ3v) is 2.61. The van der Waals surface area contributed by atoms with Crippen LogP contribution >= 0.6 is 0 Å². The van der Waals surface area contributed by atoms with Gasteiger partial charge in [-0.1, -0.05) is 20.8 Å². The van der Waals surface area contributed by atoms with Gasteiger partial charge in [-0.15, -0.1) is 0 Å². The highest BCUT2D eigenvalue weighted by atomic mass is 16.6. The summed E-state index contributed by atoms with van der Waals surface area (Å²) in [6.07, 6.45) is 0.792. The molecule has 1 unspecified atom stereocenters. The molecular weight excluding hydrogens is 167 g/mol. The van der Waals surface area contributed by atoms with E-state index in [0.29, 0.717) is 13.2 Å². The average molecular weight is 186 g/mol. The second-order valence-corrected chi connectivity index (χ2v) is 4.65. The summed E-state index contributed by atoms with van der Waals surface area (Å²) >= 11 is 0. The number of hydrogen-bond donors (Lipinski definition) is 1. The highest BCUT2D eigenvalue weighted by Crippen LogP contribution is 2.30. The number of aliphatic hydroxyl groups is 1. The van der Waals surface area contributed by atoms with E-state index < -0.39 is 0 Å². The molecule has 0 radical (unpaired) electrons. The first-order chi connectivity index (χ1) is 6.04. The average Bonchev–Trinajstić information content (AvgIpc) is 2.49. The fraction of sp³-hybridized carbons (Fsp3) is 1.00. The minimum atomic E-state index is -0.101. The van der Waals surface area contributed by atoms with Gasteiger partial charge < -0.3 is 14.4 Å². The molecule has 1 saturated heterocycles. The van der Waals surface area contributed by atoms with Crippen LogP contribution in [0.15, 0.2) is 0 Å². The van der Waals surface area contributed by atoms with Gasteiger partial charge in [0.15, 0.2) is 0 Å². The smallest absolute Gasteiger partial charge is 0.409 e. The van der Waals surface area contributed by atoms with E-state index in [-0.39, 0.29) is 25.1 Å². The van der Waals surface area contributed by atoms with Crippen molar-refractivity contribution < 1.29 is 14.4 Å². The van der Waals surface area contributed by atoms with Crippen LogP contribution in [0.25, 0.3) is 0 Å². The van der Waals surface area contributed by atoms with E-state index in [1.165, 1.54) is 0 Å². The molecule has 3 nitrogen and oxygen atoms in total. The molecule has 1 heterocycles. The first kappa shape index (κ1) is 11.0. The van der Waals surface area contributed by atoms with E-state index in [1.54, 1.807) is 0 Å². The van der Waals surface area contributed by atoms with Crippen molar-refractivity contribution in [1.82, 2.24) is 0 Å². The standard InChI is InChI=1S/C9H19BO3/c1-9(2,3)8(7-11)6-10-12-4-5-13-10/h8,11H,4-7H2,1-3H3. The van der Waals surface area contributed by atoms with Gasteiger partial charge in [0.1, 0.15) is 0 Å². The summed E-state index contributed by atoms with van der Waals surface area (Å²) in [5.41, 5.74) is 0.115. The van der Waals surface area contributed by atoms with Gasteiger partial charge in [0.25, 0.3) is 0 Å². The topological polar surface area (TPSA) is 38.7 Å². The van der Waals surface area contributed by atoms with Crippen LogP contribution < -0.4 is 0 Å². The van der Waals surface area contributed by atoms with Crippen molar-refractivity contribution in [2.75, 3.05) is 19.8 Å². The lowest BCUT2D eigenvalue weighted by molar-refractivity contribution is 0.138. The Kier molecular flexibility index (Phi) is 3.77. The first-order valence-corrected chi connectivity index (χ1v) is 4.88. The molecule has 76 valence electrons. The lowest BCUT2D eigenvalue weighted by Crippen LogP contribution is -2.30. The Morgan fingerprint density at radius 3 is 2.23 bits per heavy atom. The van der Waals surface area contributed by atoms with Crippen molar-refractivity contribution in [3.05, 3.63) is 0 Å². The first-order valence-electron chi connectivity index (χ1n) is 4.88. The Balaban J connectivity index is 2.39. The van der Waals surface area contributed by atoms with Gasteiger partial charge in [-0.3, -0.25) is 0 Å². The summed E-state index contributed by atoms with van der Waals surface area (Å²) in [5.74, 6) is 0.246. The van der Waals surface area contributed by atoms with E-state index >= 15 is 0 Å². The summed E-state index contributed by atoms with van der Waals surface area (Å²) in [6.45, 7) is 7.96. The molecule has 0 saturated carbocycles. The van der Waals surface area contributed by atoms with Gasteiger partial charge in [-0.2, -0.15) is 0 Å². The molecule has 1 N–H and O–H groups in total. The van der Waals surface area contributed by atoms with Gasteiger partial charge in [-0.25, -0.2) is 0 Å². The van der Waals surface area contributed by atoms with Crippen molar-refractivity contribution >= 4 is 7.12 Å². The third kappa shape index (κ3) is 3.29. The molecule has 1 fully saturated rings. The minimum Gasteiger partial charge on any atom is -0.409 e. The van der Waals surface area contributed by atoms with Crippen molar-refractivity contribution in [3.8, 4) is 0 Å². The van der Waals surface area contributed by atoms with Crippen molar-refractivity contribution in [2.45, 2.75) is 27.1 Å². The lowest BCUT2D eigenvalue weighted by atomic mass is 9.68. The third-order valence-electron chi connectivity index (χ3n) is 2.61. The van der Waals surface area contributed by atoms with Crippen LogP contribution in [0, 0.1) is 11.3 Å². The Morgan fingerprint density at radius 1 is 1.31 bits per heavy atom. The van der Waals surface area contributed by atoms with Gasteiger partial charge in [0, 0.05) is 6.61 Å². The maximum atomic E-state index is 9.21. The molecule has 0 bridgehead atoms. The maximum Gasteiger partial charge on any atom is 0.457 e. The summed E-state index contributed by atoms with van der Waals surface area (Å²) in [6, 6.07) is 0. The van der Waals surface area contributed by atoms with Gasteiger partial charge in [0.05, 0.1) is 13.2 Å². The molecule has 0 aliphatic carbocycles. The van der Waals surface area contributed by atoms with Crippen LogP contribution in [-0.4, -0.2) is 32.0 Å². The summed E-state index contributed by atoms with van der Waals surface area (Å²) in [4.78, 5) is 0. The van der Waals surface area contributed by atoms with Crippen molar-refractivity contribution in [2.24, 2.45) is 11.3 Å². The largest absolute Gasteiger partial charge is 0.457 e. The second kappa shape index (κ2) is 4.44. The fourth-order valence-electron chi connectivity index (χ4n) is 1.48. The van der Waals surface area contributed by atoms with Crippen LogP contribution in [0.3, 0.4) is 0 Å². The van der Waals surface area contributed by atoms with Crippen molar-refractivity contribution in [1.29, 1.82) is 0 Å². The maximum absolute atomic E-state index is 9.21. The molecule has 1 aliphatic heterocycles. The molecule has 4 heteroatoms.